The Labute approximate surface area is 114 Å². The maximum absolute atomic E-state index is 2.37. The van der Waals surface area contributed by atoms with Gasteiger partial charge in [0.1, 0.15) is 0 Å². The van der Waals surface area contributed by atoms with E-state index in [2.05, 4.69) is 84.8 Å². The van der Waals surface area contributed by atoms with Crippen molar-refractivity contribution in [3.8, 4) is 0 Å². The van der Waals surface area contributed by atoms with E-state index >= 15 is 0 Å². The molecule has 0 bridgehead atoms. The predicted octanol–water partition coefficient (Wildman–Crippen LogP) is 4.46. The van der Waals surface area contributed by atoms with Crippen LogP contribution in [0.5, 0.6) is 0 Å². The second-order valence-electron chi connectivity index (χ2n) is 7.06. The van der Waals surface area contributed by atoms with Gasteiger partial charge in [-0.05, 0) is 16.4 Å². The van der Waals surface area contributed by atoms with E-state index in [9.17, 15) is 0 Å². The molecule has 1 rings (SSSR count). The van der Waals surface area contributed by atoms with Crippen molar-refractivity contribution < 1.29 is 0 Å². The molecule has 1 aromatic rings. The van der Waals surface area contributed by atoms with Gasteiger partial charge in [0.15, 0.2) is 0 Å². The third kappa shape index (κ3) is 3.48. The molecule has 0 saturated heterocycles. The van der Waals surface area contributed by atoms with Gasteiger partial charge in [-0.15, -0.1) is 0 Å². The summed E-state index contributed by atoms with van der Waals surface area (Å²) in [5.74, 6) is 0. The van der Waals surface area contributed by atoms with Crippen LogP contribution in [0.1, 0.15) is 41.5 Å². The van der Waals surface area contributed by atoms with Gasteiger partial charge < -0.3 is 4.90 Å². The average Bonchev–Trinajstić information content (AvgIpc) is 2.13. The first-order chi connectivity index (χ1) is 8.05. The van der Waals surface area contributed by atoms with E-state index in [0.29, 0.717) is 10.3 Å². The van der Waals surface area contributed by atoms with Crippen LogP contribution in [0.25, 0.3) is 0 Å². The zero-order chi connectivity index (χ0) is 14.1. The average molecular weight is 265 g/mol. The van der Waals surface area contributed by atoms with Gasteiger partial charge in [0.05, 0.1) is 0 Å². The Morgan fingerprint density at radius 3 is 1.67 bits per heavy atom. The molecule has 0 atom stereocenters. The van der Waals surface area contributed by atoms with Crippen molar-refractivity contribution in [1.82, 2.24) is 0 Å². The number of benzene rings is 1. The lowest BCUT2D eigenvalue weighted by Gasteiger charge is -2.43. The number of hydrogen-bond donors (Lipinski definition) is 0. The third-order valence-corrected chi connectivity index (χ3v) is 6.49. The third-order valence-electron chi connectivity index (χ3n) is 2.95. The Balaban J connectivity index is 3.40. The topological polar surface area (TPSA) is 3.24 Å². The van der Waals surface area contributed by atoms with Crippen molar-refractivity contribution in [2.45, 2.75) is 51.9 Å². The molecular formula is C16H28NP. The predicted molar refractivity (Wildman–Crippen MR) is 86.8 cm³/mol. The Morgan fingerprint density at radius 2 is 1.28 bits per heavy atom. The molecule has 0 saturated carbocycles. The van der Waals surface area contributed by atoms with Crippen molar-refractivity contribution >= 4 is 18.9 Å². The molecule has 0 unspecified atom stereocenters. The van der Waals surface area contributed by atoms with Gasteiger partial charge in [-0.3, -0.25) is 0 Å². The molecule has 0 amide bonds. The van der Waals surface area contributed by atoms with Crippen LogP contribution in [0.3, 0.4) is 0 Å². The summed E-state index contributed by atoms with van der Waals surface area (Å²) in [6, 6.07) is 8.87. The van der Waals surface area contributed by atoms with Gasteiger partial charge in [0.2, 0.25) is 0 Å². The van der Waals surface area contributed by atoms with Gasteiger partial charge in [-0.2, -0.15) is 0 Å². The highest BCUT2D eigenvalue weighted by Gasteiger charge is 2.36. The van der Waals surface area contributed by atoms with Crippen LogP contribution in [0.15, 0.2) is 24.3 Å². The Bertz CT molecular complexity index is 382. The first kappa shape index (κ1) is 15.5. The number of nitrogens with zero attached hydrogens (tertiary/aromatic N) is 1. The normalized spacial score (nSPS) is 12.9. The fourth-order valence-electron chi connectivity index (χ4n) is 2.76. The quantitative estimate of drug-likeness (QED) is 0.714. The van der Waals surface area contributed by atoms with Crippen molar-refractivity contribution in [1.29, 1.82) is 0 Å². The minimum atomic E-state index is -0.233. The molecule has 102 valence electrons. The van der Waals surface area contributed by atoms with Crippen molar-refractivity contribution in [2.24, 2.45) is 0 Å². The minimum absolute atomic E-state index is 0.233. The second kappa shape index (κ2) is 5.21. The highest BCUT2D eigenvalue weighted by molar-refractivity contribution is 7.68. The van der Waals surface area contributed by atoms with Crippen molar-refractivity contribution in [3.05, 3.63) is 24.3 Å². The molecular weight excluding hydrogens is 237 g/mol. The Hall–Kier alpha value is -0.550. The van der Waals surface area contributed by atoms with E-state index in [0.717, 1.165) is 0 Å². The fourth-order valence-corrected chi connectivity index (χ4v) is 6.96. The maximum Gasteiger partial charge on any atom is 0.0439 e. The van der Waals surface area contributed by atoms with Gasteiger partial charge in [-0.25, -0.2) is 0 Å². The smallest absolute Gasteiger partial charge is 0.0439 e. The molecule has 0 aliphatic heterocycles. The molecule has 0 aliphatic rings. The van der Waals surface area contributed by atoms with Crippen LogP contribution in [-0.4, -0.2) is 24.4 Å². The summed E-state index contributed by atoms with van der Waals surface area (Å²) in [4.78, 5) is 2.24. The van der Waals surface area contributed by atoms with E-state index in [1.165, 1.54) is 11.0 Å². The van der Waals surface area contributed by atoms with Gasteiger partial charge in [0.25, 0.3) is 0 Å². The molecule has 0 fully saturated rings. The van der Waals surface area contributed by atoms with E-state index in [1.54, 1.807) is 0 Å². The van der Waals surface area contributed by atoms with Gasteiger partial charge in [0, 0.05) is 25.1 Å². The summed E-state index contributed by atoms with van der Waals surface area (Å²) in [5, 5.41) is 2.16. The lowest BCUT2D eigenvalue weighted by Crippen LogP contribution is -2.33. The second-order valence-corrected chi connectivity index (χ2v) is 10.9. The van der Waals surface area contributed by atoms with Crippen molar-refractivity contribution in [3.63, 3.8) is 0 Å². The van der Waals surface area contributed by atoms with E-state index in [1.807, 2.05) is 0 Å². The molecule has 2 heteroatoms. The van der Waals surface area contributed by atoms with Crippen LogP contribution in [0.2, 0.25) is 0 Å². The molecule has 0 N–H and O–H groups in total. The Morgan fingerprint density at radius 1 is 0.833 bits per heavy atom. The monoisotopic (exact) mass is 265 g/mol. The van der Waals surface area contributed by atoms with E-state index in [4.69, 9.17) is 0 Å². The summed E-state index contributed by atoms with van der Waals surface area (Å²) in [6.07, 6.45) is 0. The van der Waals surface area contributed by atoms with Crippen LogP contribution in [-0.2, 0) is 0 Å². The summed E-state index contributed by atoms with van der Waals surface area (Å²) < 4.78 is 0. The SMILES string of the molecule is CN(C)c1ccccc1P(C(C)(C)C)C(C)(C)C. The molecule has 0 aromatic heterocycles. The lowest BCUT2D eigenvalue weighted by atomic mass is 10.2. The van der Waals surface area contributed by atoms with Crippen LogP contribution in [0.4, 0.5) is 5.69 Å². The molecule has 0 spiro atoms. The summed E-state index contributed by atoms with van der Waals surface area (Å²) in [5.41, 5.74) is 1.37. The number of hydrogen-bond acceptors (Lipinski definition) is 1. The van der Waals surface area contributed by atoms with Crippen LogP contribution < -0.4 is 10.2 Å². The standard InChI is InChI=1S/C16H28NP/c1-15(2,3)18(16(4,5)6)14-12-10-9-11-13(14)17(7)8/h9-12H,1-8H3. The zero-order valence-electron chi connectivity index (χ0n) is 13.2. The molecule has 0 aliphatic carbocycles. The molecule has 0 heterocycles. The number of para-hydroxylation sites is 1. The minimum Gasteiger partial charge on any atom is -0.377 e. The number of rotatable bonds is 2. The van der Waals surface area contributed by atoms with E-state index in [-0.39, 0.29) is 7.92 Å². The highest BCUT2D eigenvalue weighted by Crippen LogP contribution is 2.59. The molecule has 1 nitrogen and oxygen atoms in total. The number of anilines is 1. The van der Waals surface area contributed by atoms with Crippen LogP contribution in [0, 0.1) is 0 Å². The Kier molecular flexibility index (Phi) is 4.49. The fraction of sp³-hybridized carbons (Fsp3) is 0.625. The zero-order valence-corrected chi connectivity index (χ0v) is 14.1. The summed E-state index contributed by atoms with van der Waals surface area (Å²) in [6.45, 7) is 14.2. The molecule has 0 radical (unpaired) electrons. The van der Waals surface area contributed by atoms with Gasteiger partial charge in [-0.1, -0.05) is 67.7 Å². The first-order valence-corrected chi connectivity index (χ1v) is 7.96. The highest BCUT2D eigenvalue weighted by atomic mass is 31.1. The summed E-state index contributed by atoms with van der Waals surface area (Å²) >= 11 is 0. The lowest BCUT2D eigenvalue weighted by molar-refractivity contribution is 0.715. The maximum atomic E-state index is 2.37. The molecule has 1 aromatic carbocycles. The first-order valence-electron chi connectivity index (χ1n) is 6.62. The largest absolute Gasteiger partial charge is 0.377 e. The molecule has 18 heavy (non-hydrogen) atoms. The van der Waals surface area contributed by atoms with Crippen molar-refractivity contribution in [2.75, 3.05) is 19.0 Å². The van der Waals surface area contributed by atoms with Gasteiger partial charge >= 0.3 is 0 Å². The summed E-state index contributed by atoms with van der Waals surface area (Å²) in [7, 11) is 4.04. The van der Waals surface area contributed by atoms with Crippen LogP contribution >= 0.6 is 7.92 Å². The van der Waals surface area contributed by atoms with E-state index < -0.39 is 0 Å².